The van der Waals surface area contributed by atoms with Crippen LogP contribution in [0.5, 0.6) is 0 Å². The molecule has 1 saturated carbocycles. The Morgan fingerprint density at radius 3 is 2.83 bits per heavy atom. The van der Waals surface area contributed by atoms with Crippen LogP contribution in [-0.4, -0.2) is 52.3 Å². The molecule has 1 fully saturated rings. The normalized spacial score (nSPS) is 17.9. The minimum atomic E-state index is -0.459. The van der Waals surface area contributed by atoms with Gasteiger partial charge in [0.25, 0.3) is 5.89 Å². The quantitative estimate of drug-likeness (QED) is 0.429. The van der Waals surface area contributed by atoms with E-state index in [2.05, 4.69) is 25.3 Å². The number of aromatic amines is 1. The third-order valence-electron chi connectivity index (χ3n) is 7.02. The third-order valence-corrected chi connectivity index (χ3v) is 7.02. The molecule has 0 spiro atoms. The standard InChI is InChI=1S/C25H22N8O2/c34-25(24-31-30-23(35-24)17-12-29-33(13-17)18-6-3-7-18)32-9-8-19-21(28-14-27-19)22(32)20-10-15-4-1-2-5-16(15)11-26-20/h1-2,4-5,10-14,18,22H,3,6-9H2,(H,27,28)/t22-/m1/s1. The lowest BCUT2D eigenvalue weighted by Crippen LogP contribution is -2.41. The second-order valence-corrected chi connectivity index (χ2v) is 9.08. The summed E-state index contributed by atoms with van der Waals surface area (Å²) in [5.41, 5.74) is 3.24. The van der Waals surface area contributed by atoms with E-state index in [4.69, 9.17) is 9.40 Å². The number of fused-ring (bicyclic) bond motifs is 2. The fourth-order valence-electron chi connectivity index (χ4n) is 4.89. The van der Waals surface area contributed by atoms with Gasteiger partial charge in [-0.15, -0.1) is 10.2 Å². The van der Waals surface area contributed by atoms with Crippen molar-refractivity contribution < 1.29 is 9.21 Å². The van der Waals surface area contributed by atoms with Crippen LogP contribution < -0.4 is 0 Å². The number of amides is 1. The van der Waals surface area contributed by atoms with Crippen molar-refractivity contribution in [3.63, 3.8) is 0 Å². The molecule has 174 valence electrons. The Bertz CT molecular complexity index is 1550. The molecular formula is C25H22N8O2. The van der Waals surface area contributed by atoms with Gasteiger partial charge in [-0.05, 0) is 30.7 Å². The third kappa shape index (κ3) is 3.32. The summed E-state index contributed by atoms with van der Waals surface area (Å²) in [6, 6.07) is 10.0. The molecule has 0 bridgehead atoms. The van der Waals surface area contributed by atoms with Gasteiger partial charge in [0.2, 0.25) is 0 Å². The monoisotopic (exact) mass is 466 g/mol. The van der Waals surface area contributed by atoms with Crippen LogP contribution in [0.15, 0.2) is 59.7 Å². The van der Waals surface area contributed by atoms with Gasteiger partial charge in [-0.1, -0.05) is 24.3 Å². The van der Waals surface area contributed by atoms with Crippen molar-refractivity contribution in [1.82, 2.24) is 39.8 Å². The highest BCUT2D eigenvalue weighted by molar-refractivity contribution is 5.91. The number of aromatic nitrogens is 7. The molecule has 10 heteroatoms. The summed E-state index contributed by atoms with van der Waals surface area (Å²) >= 11 is 0. The molecule has 35 heavy (non-hydrogen) atoms. The van der Waals surface area contributed by atoms with Crippen LogP contribution >= 0.6 is 0 Å². The number of nitrogens with zero attached hydrogens (tertiary/aromatic N) is 7. The van der Waals surface area contributed by atoms with E-state index >= 15 is 0 Å². The number of benzene rings is 1. The SMILES string of the molecule is O=C(c1nnc(-c2cnn(C3CCC3)c2)o1)N1CCc2[nH]cnc2[C@H]1c1cc2ccccc2cn1. The van der Waals surface area contributed by atoms with E-state index in [-0.39, 0.29) is 17.7 Å². The lowest BCUT2D eigenvalue weighted by Gasteiger charge is -2.33. The first kappa shape index (κ1) is 20.1. The number of rotatable bonds is 4. The zero-order chi connectivity index (χ0) is 23.4. The molecule has 5 heterocycles. The highest BCUT2D eigenvalue weighted by Crippen LogP contribution is 2.35. The first-order valence-electron chi connectivity index (χ1n) is 11.8. The van der Waals surface area contributed by atoms with Gasteiger partial charge in [0, 0.05) is 36.4 Å². The zero-order valence-corrected chi connectivity index (χ0v) is 18.8. The molecule has 7 rings (SSSR count). The highest BCUT2D eigenvalue weighted by Gasteiger charge is 2.37. The van der Waals surface area contributed by atoms with Crippen LogP contribution in [0.25, 0.3) is 22.2 Å². The smallest absolute Gasteiger partial charge is 0.312 e. The molecule has 1 amide bonds. The lowest BCUT2D eigenvalue weighted by atomic mass is 9.93. The average molecular weight is 467 g/mol. The second-order valence-electron chi connectivity index (χ2n) is 9.08. The summed E-state index contributed by atoms with van der Waals surface area (Å²) in [6.07, 6.45) is 11.2. The van der Waals surface area contributed by atoms with Gasteiger partial charge in [-0.25, -0.2) is 4.98 Å². The van der Waals surface area contributed by atoms with Crippen LogP contribution in [0.2, 0.25) is 0 Å². The van der Waals surface area contributed by atoms with Gasteiger partial charge in [-0.2, -0.15) is 5.10 Å². The first-order chi connectivity index (χ1) is 17.2. The maximum atomic E-state index is 13.6. The summed E-state index contributed by atoms with van der Waals surface area (Å²) in [4.78, 5) is 27.8. The highest BCUT2D eigenvalue weighted by atomic mass is 16.4. The predicted octanol–water partition coefficient (Wildman–Crippen LogP) is 3.72. The van der Waals surface area contributed by atoms with Crippen molar-refractivity contribution in [2.75, 3.05) is 6.54 Å². The van der Waals surface area contributed by atoms with Crippen molar-refractivity contribution in [3.8, 4) is 11.5 Å². The van der Waals surface area contributed by atoms with E-state index in [0.29, 0.717) is 24.6 Å². The number of pyridine rings is 1. The van der Waals surface area contributed by atoms with E-state index in [1.165, 1.54) is 6.42 Å². The summed E-state index contributed by atoms with van der Waals surface area (Å²) in [7, 11) is 0. The van der Waals surface area contributed by atoms with E-state index in [1.54, 1.807) is 17.4 Å². The first-order valence-corrected chi connectivity index (χ1v) is 11.8. The molecule has 1 aromatic carbocycles. The Kier molecular flexibility index (Phi) is 4.51. The fraction of sp³-hybridized carbons (Fsp3) is 0.280. The summed E-state index contributed by atoms with van der Waals surface area (Å²) < 4.78 is 7.78. The summed E-state index contributed by atoms with van der Waals surface area (Å²) in [6.45, 7) is 0.477. The minimum absolute atomic E-state index is 0.0545. The Labute approximate surface area is 200 Å². The fourth-order valence-corrected chi connectivity index (χ4v) is 4.89. The number of hydrogen-bond acceptors (Lipinski definition) is 7. The number of carbonyl (C=O) groups is 1. The minimum Gasteiger partial charge on any atom is -0.412 e. The van der Waals surface area contributed by atoms with Crippen LogP contribution in [0.3, 0.4) is 0 Å². The molecule has 1 atom stereocenters. The van der Waals surface area contributed by atoms with Crippen LogP contribution in [0.4, 0.5) is 0 Å². The largest absolute Gasteiger partial charge is 0.412 e. The average Bonchev–Trinajstić information content (AvgIpc) is 3.62. The maximum absolute atomic E-state index is 13.6. The van der Waals surface area contributed by atoms with E-state index in [9.17, 15) is 4.79 Å². The van der Waals surface area contributed by atoms with Gasteiger partial charge in [-0.3, -0.25) is 14.5 Å². The number of imidazole rings is 1. The van der Waals surface area contributed by atoms with Crippen molar-refractivity contribution >= 4 is 16.7 Å². The molecule has 10 nitrogen and oxygen atoms in total. The van der Waals surface area contributed by atoms with E-state index < -0.39 is 6.04 Å². The molecule has 0 saturated heterocycles. The number of hydrogen-bond donors (Lipinski definition) is 1. The van der Waals surface area contributed by atoms with Gasteiger partial charge in [0.1, 0.15) is 6.04 Å². The molecule has 1 aliphatic carbocycles. The number of H-pyrrole nitrogens is 1. The Morgan fingerprint density at radius 2 is 1.97 bits per heavy atom. The molecule has 0 radical (unpaired) electrons. The zero-order valence-electron chi connectivity index (χ0n) is 18.8. The van der Waals surface area contributed by atoms with E-state index in [0.717, 1.165) is 40.7 Å². The molecule has 0 unspecified atom stereocenters. The predicted molar refractivity (Wildman–Crippen MR) is 125 cm³/mol. The summed E-state index contributed by atoms with van der Waals surface area (Å²) in [5.74, 6) is -0.110. The van der Waals surface area contributed by atoms with Crippen LogP contribution in [-0.2, 0) is 6.42 Å². The van der Waals surface area contributed by atoms with Crippen molar-refractivity contribution in [2.24, 2.45) is 0 Å². The Morgan fingerprint density at radius 1 is 1.09 bits per heavy atom. The maximum Gasteiger partial charge on any atom is 0.312 e. The van der Waals surface area contributed by atoms with Crippen molar-refractivity contribution in [3.05, 3.63) is 78.2 Å². The Hall–Kier alpha value is -4.34. The van der Waals surface area contributed by atoms with E-state index in [1.807, 2.05) is 47.4 Å². The molecule has 4 aromatic heterocycles. The second kappa shape index (κ2) is 7.86. The van der Waals surface area contributed by atoms with Gasteiger partial charge in [0.05, 0.1) is 35.5 Å². The number of nitrogens with one attached hydrogen (secondary N) is 1. The Balaban J connectivity index is 1.23. The molecular weight excluding hydrogens is 444 g/mol. The van der Waals surface area contributed by atoms with Crippen LogP contribution in [0.1, 0.15) is 59.1 Å². The van der Waals surface area contributed by atoms with Gasteiger partial charge in [0.15, 0.2) is 0 Å². The molecule has 1 N–H and O–H groups in total. The molecule has 2 aliphatic rings. The van der Waals surface area contributed by atoms with Gasteiger partial charge < -0.3 is 14.3 Å². The molecule has 5 aromatic rings. The summed E-state index contributed by atoms with van der Waals surface area (Å²) in [5, 5.41) is 14.7. The molecule has 1 aliphatic heterocycles. The topological polar surface area (TPSA) is 119 Å². The lowest BCUT2D eigenvalue weighted by molar-refractivity contribution is 0.0647. The van der Waals surface area contributed by atoms with Crippen LogP contribution in [0, 0.1) is 0 Å². The van der Waals surface area contributed by atoms with Crippen molar-refractivity contribution in [1.29, 1.82) is 0 Å². The number of carbonyl (C=O) groups excluding carboxylic acids is 1. The van der Waals surface area contributed by atoms with Crippen molar-refractivity contribution in [2.45, 2.75) is 37.8 Å². The van der Waals surface area contributed by atoms with Gasteiger partial charge >= 0.3 is 11.8 Å².